The van der Waals surface area contributed by atoms with Crippen LogP contribution in [-0.2, 0) is 15.1 Å². The smallest absolute Gasteiger partial charge is 0.295 e. The number of nitrogens with one attached hydrogen (secondary N) is 1. The van der Waals surface area contributed by atoms with E-state index in [1.165, 1.54) is 12.1 Å². The third kappa shape index (κ3) is 2.62. The number of nitrogens with zero attached hydrogens (tertiary/aromatic N) is 1. The highest BCUT2D eigenvalue weighted by atomic mass is 35.5. The van der Waals surface area contributed by atoms with E-state index in [-0.39, 0.29) is 16.3 Å². The van der Waals surface area contributed by atoms with Crippen LogP contribution in [0.5, 0.6) is 0 Å². The summed E-state index contributed by atoms with van der Waals surface area (Å²) in [6.07, 6.45) is 0. The Morgan fingerprint density at radius 1 is 0.935 bits per heavy atom. The Bertz CT molecular complexity index is 1310. The van der Waals surface area contributed by atoms with Crippen molar-refractivity contribution in [3.63, 3.8) is 0 Å². The van der Waals surface area contributed by atoms with Crippen LogP contribution in [0.25, 0.3) is 5.57 Å². The number of hydrogen-bond donors (Lipinski definition) is 2. The lowest BCUT2D eigenvalue weighted by atomic mass is 9.80. The Morgan fingerprint density at radius 3 is 2.35 bits per heavy atom. The van der Waals surface area contributed by atoms with Crippen molar-refractivity contribution < 1.29 is 19.1 Å². The van der Waals surface area contributed by atoms with Gasteiger partial charge in [-0.05, 0) is 35.9 Å². The summed E-state index contributed by atoms with van der Waals surface area (Å²) in [6.45, 7) is 0. The van der Waals surface area contributed by atoms with Gasteiger partial charge in [-0.15, -0.1) is 0 Å². The molecule has 154 valence electrons. The van der Waals surface area contributed by atoms with Crippen molar-refractivity contribution in [3.8, 4) is 0 Å². The third-order valence-electron chi connectivity index (χ3n) is 5.50. The first-order valence-corrected chi connectivity index (χ1v) is 10.0. The molecule has 0 aliphatic carbocycles. The quantitative estimate of drug-likeness (QED) is 0.552. The lowest BCUT2D eigenvalue weighted by molar-refractivity contribution is -0.123. The van der Waals surface area contributed by atoms with E-state index in [9.17, 15) is 19.1 Å². The minimum absolute atomic E-state index is 0.0519. The fourth-order valence-corrected chi connectivity index (χ4v) is 4.63. The van der Waals surface area contributed by atoms with Crippen LogP contribution >= 0.6 is 23.2 Å². The third-order valence-corrected chi connectivity index (χ3v) is 5.97. The van der Waals surface area contributed by atoms with E-state index in [1.54, 1.807) is 48.5 Å². The molecule has 0 radical (unpaired) electrons. The zero-order chi connectivity index (χ0) is 21.9. The number of benzene rings is 3. The van der Waals surface area contributed by atoms with Crippen LogP contribution in [0.4, 0.5) is 15.8 Å². The van der Waals surface area contributed by atoms with E-state index in [1.807, 2.05) is 0 Å². The molecule has 3 aromatic carbocycles. The van der Waals surface area contributed by atoms with Crippen molar-refractivity contribution >= 4 is 52.0 Å². The predicted octanol–water partition coefficient (Wildman–Crippen LogP) is 5.30. The minimum Gasteiger partial charge on any atom is -0.503 e. The van der Waals surface area contributed by atoms with E-state index in [0.717, 1.165) is 11.0 Å². The molecule has 0 saturated carbocycles. The highest BCUT2D eigenvalue weighted by Crippen LogP contribution is 2.56. The van der Waals surface area contributed by atoms with Crippen LogP contribution < -0.4 is 10.2 Å². The molecule has 3 aromatic rings. The first-order valence-electron chi connectivity index (χ1n) is 9.26. The highest BCUT2D eigenvalue weighted by Gasteiger charge is 2.63. The van der Waals surface area contributed by atoms with Gasteiger partial charge in [0.25, 0.3) is 11.8 Å². The summed E-state index contributed by atoms with van der Waals surface area (Å²) >= 11 is 12.2. The van der Waals surface area contributed by atoms with E-state index >= 15 is 0 Å². The van der Waals surface area contributed by atoms with Gasteiger partial charge < -0.3 is 10.4 Å². The number of hydrogen-bond acceptors (Lipinski definition) is 3. The molecule has 0 fully saturated rings. The molecular weight excluding hydrogens is 442 g/mol. The number of amides is 2. The molecule has 2 N–H and O–H groups in total. The molecule has 0 saturated heterocycles. The number of aliphatic hydroxyl groups excluding tert-OH is 1. The molecule has 2 amide bonds. The molecule has 1 atom stereocenters. The van der Waals surface area contributed by atoms with E-state index in [2.05, 4.69) is 5.32 Å². The van der Waals surface area contributed by atoms with Gasteiger partial charge in [0.15, 0.2) is 11.3 Å². The number of carbonyl (C=O) groups is 2. The standard InChI is InChI=1S/C23H13Cl2FN2O3/c24-13-6-8-15-17(10-13)27-22(31)23(15)19(12-4-2-1-3-5-12)20(29)21(30)28(23)18-11-14(25)7-9-16(18)26/h1-11,29H,(H,27,31). The average molecular weight is 455 g/mol. The van der Waals surface area contributed by atoms with Crippen LogP contribution in [0.3, 0.4) is 0 Å². The highest BCUT2D eigenvalue weighted by molar-refractivity contribution is 6.33. The number of anilines is 2. The summed E-state index contributed by atoms with van der Waals surface area (Å²) in [4.78, 5) is 27.9. The zero-order valence-corrected chi connectivity index (χ0v) is 17.2. The molecule has 0 bridgehead atoms. The van der Waals surface area contributed by atoms with Crippen molar-refractivity contribution in [2.45, 2.75) is 5.54 Å². The Labute approximate surface area is 186 Å². The largest absolute Gasteiger partial charge is 0.503 e. The fraction of sp³-hybridized carbons (Fsp3) is 0.0435. The molecular formula is C23H13Cl2FN2O3. The second kappa shape index (κ2) is 6.83. The van der Waals surface area contributed by atoms with Crippen molar-refractivity contribution in [3.05, 3.63) is 99.5 Å². The van der Waals surface area contributed by atoms with E-state index in [4.69, 9.17) is 23.2 Å². The number of fused-ring (bicyclic) bond motifs is 2. The van der Waals surface area contributed by atoms with Crippen LogP contribution in [0.15, 0.2) is 72.5 Å². The SMILES string of the molecule is O=C1C(O)=C(c2ccccc2)C2(C(=O)Nc3cc(Cl)ccc32)N1c1cc(Cl)ccc1F. The van der Waals surface area contributed by atoms with E-state index in [0.29, 0.717) is 21.8 Å². The Morgan fingerprint density at radius 2 is 1.61 bits per heavy atom. The maximum atomic E-state index is 14.9. The fourth-order valence-electron chi connectivity index (χ4n) is 4.29. The number of halogens is 3. The Hall–Kier alpha value is -3.35. The normalized spacial score (nSPS) is 19.9. The minimum atomic E-state index is -1.85. The molecule has 31 heavy (non-hydrogen) atoms. The first-order chi connectivity index (χ1) is 14.9. The van der Waals surface area contributed by atoms with Crippen LogP contribution in [0.2, 0.25) is 10.0 Å². The summed E-state index contributed by atoms with van der Waals surface area (Å²) in [5, 5.41) is 14.2. The van der Waals surface area contributed by atoms with E-state index < -0.39 is 28.9 Å². The second-order valence-corrected chi connectivity index (χ2v) is 8.05. The molecule has 1 spiro atoms. The first kappa shape index (κ1) is 19.6. The van der Waals surface area contributed by atoms with Gasteiger partial charge in [-0.2, -0.15) is 0 Å². The van der Waals surface area contributed by atoms with Gasteiger partial charge in [-0.25, -0.2) is 4.39 Å². The molecule has 2 aliphatic rings. The predicted molar refractivity (Wildman–Crippen MR) is 117 cm³/mol. The summed E-state index contributed by atoms with van der Waals surface area (Å²) in [5.74, 6) is -2.96. The maximum absolute atomic E-state index is 14.9. The lowest BCUT2D eigenvalue weighted by Gasteiger charge is -2.35. The topological polar surface area (TPSA) is 69.6 Å². The molecule has 2 aliphatic heterocycles. The van der Waals surface area contributed by atoms with Gasteiger partial charge >= 0.3 is 0 Å². The van der Waals surface area contributed by atoms with Gasteiger partial charge in [0.2, 0.25) is 0 Å². The van der Waals surface area contributed by atoms with Gasteiger partial charge in [0.05, 0.1) is 5.69 Å². The van der Waals surface area contributed by atoms with Gasteiger partial charge in [-0.3, -0.25) is 14.5 Å². The van der Waals surface area contributed by atoms with Gasteiger partial charge in [0, 0.05) is 26.9 Å². The number of aliphatic hydroxyl groups is 1. The zero-order valence-electron chi connectivity index (χ0n) is 15.7. The number of rotatable bonds is 2. The molecule has 1 unspecified atom stereocenters. The Balaban J connectivity index is 1.89. The molecule has 0 aromatic heterocycles. The lowest BCUT2D eigenvalue weighted by Crippen LogP contribution is -2.51. The molecule has 2 heterocycles. The Kier molecular flexibility index (Phi) is 4.32. The van der Waals surface area contributed by atoms with Crippen molar-refractivity contribution in [1.29, 1.82) is 0 Å². The summed E-state index contributed by atoms with van der Waals surface area (Å²) < 4.78 is 14.9. The summed E-state index contributed by atoms with van der Waals surface area (Å²) in [7, 11) is 0. The number of carbonyl (C=O) groups excluding carboxylic acids is 2. The molecule has 5 nitrogen and oxygen atoms in total. The summed E-state index contributed by atoms with van der Waals surface area (Å²) in [6, 6.07) is 16.9. The van der Waals surface area contributed by atoms with Crippen molar-refractivity contribution in [2.24, 2.45) is 0 Å². The monoisotopic (exact) mass is 454 g/mol. The molecule has 5 rings (SSSR count). The van der Waals surface area contributed by atoms with Gasteiger partial charge in [0.1, 0.15) is 5.82 Å². The van der Waals surface area contributed by atoms with Crippen molar-refractivity contribution in [1.82, 2.24) is 0 Å². The van der Waals surface area contributed by atoms with Crippen molar-refractivity contribution in [2.75, 3.05) is 10.2 Å². The van der Waals surface area contributed by atoms with Crippen LogP contribution in [0.1, 0.15) is 11.1 Å². The van der Waals surface area contributed by atoms with Crippen LogP contribution in [-0.4, -0.2) is 16.9 Å². The van der Waals surface area contributed by atoms with Crippen LogP contribution in [0, 0.1) is 5.82 Å². The summed E-state index contributed by atoms with van der Waals surface area (Å²) in [5.41, 5.74) is -0.868. The molecule has 8 heteroatoms. The second-order valence-electron chi connectivity index (χ2n) is 7.18. The maximum Gasteiger partial charge on any atom is 0.295 e. The van der Waals surface area contributed by atoms with Gasteiger partial charge in [-0.1, -0.05) is 59.6 Å². The average Bonchev–Trinajstić information content (AvgIpc) is 3.15.